The van der Waals surface area contributed by atoms with Crippen LogP contribution in [0.15, 0.2) is 83.8 Å². The Morgan fingerprint density at radius 1 is 1.03 bits per heavy atom. The quantitative estimate of drug-likeness (QED) is 0.434. The van der Waals surface area contributed by atoms with Crippen molar-refractivity contribution in [1.29, 1.82) is 0 Å². The van der Waals surface area contributed by atoms with Gasteiger partial charge in [0.25, 0.3) is 0 Å². The zero-order chi connectivity index (χ0) is 26.4. The topological polar surface area (TPSA) is 70.1 Å². The van der Waals surface area contributed by atoms with Gasteiger partial charge >= 0.3 is 0 Å². The summed E-state index contributed by atoms with van der Waals surface area (Å²) in [6, 6.07) is 24.9. The van der Waals surface area contributed by atoms with Gasteiger partial charge in [-0.15, -0.1) is 0 Å². The normalized spacial score (nSPS) is 20.7. The smallest absolute Gasteiger partial charge is 0.247 e. The van der Waals surface area contributed by atoms with E-state index in [-0.39, 0.29) is 30.1 Å². The Morgan fingerprint density at radius 2 is 1.68 bits per heavy atom. The lowest BCUT2D eigenvalue weighted by molar-refractivity contribution is 0.0733. The molecule has 3 aromatic carbocycles. The fraction of sp³-hybridized carbons (Fsp3) is 0.333. The van der Waals surface area contributed by atoms with Gasteiger partial charge in [0.15, 0.2) is 0 Å². The standard InChI is InChI=1S/C30H36N2O4S/c1-23-19-32(24(2)22-33)37(34,35)30-17-16-26(15-14-25-10-6-4-7-11-25)18-28(30)36-29(23)21-31(3)20-27-12-8-5-9-13-27/h4-18,23-24,29,33H,19-22H2,1-3H3/t23-,24+,29-/m1/s1. The summed E-state index contributed by atoms with van der Waals surface area (Å²) in [5, 5.41) is 9.86. The van der Waals surface area contributed by atoms with E-state index < -0.39 is 16.1 Å². The lowest BCUT2D eigenvalue weighted by Gasteiger charge is -2.37. The Balaban J connectivity index is 1.68. The lowest BCUT2D eigenvalue weighted by atomic mass is 10.0. The first kappa shape index (κ1) is 27.1. The summed E-state index contributed by atoms with van der Waals surface area (Å²) in [7, 11) is -1.81. The Morgan fingerprint density at radius 3 is 2.35 bits per heavy atom. The van der Waals surface area contributed by atoms with Crippen molar-refractivity contribution in [2.45, 2.75) is 37.4 Å². The molecule has 3 atom stereocenters. The zero-order valence-corrected chi connectivity index (χ0v) is 22.5. The summed E-state index contributed by atoms with van der Waals surface area (Å²) >= 11 is 0. The number of likely N-dealkylation sites (N-methyl/N-ethyl adjacent to an activating group) is 1. The van der Waals surface area contributed by atoms with Gasteiger partial charge in [0, 0.05) is 31.6 Å². The van der Waals surface area contributed by atoms with E-state index in [1.54, 1.807) is 25.1 Å². The monoisotopic (exact) mass is 520 g/mol. The molecule has 0 bridgehead atoms. The fourth-order valence-electron chi connectivity index (χ4n) is 4.59. The van der Waals surface area contributed by atoms with Crippen LogP contribution < -0.4 is 4.74 Å². The third-order valence-corrected chi connectivity index (χ3v) is 8.77. The van der Waals surface area contributed by atoms with Gasteiger partial charge in [-0.05, 0) is 42.8 Å². The van der Waals surface area contributed by atoms with Crippen molar-refractivity contribution in [2.24, 2.45) is 5.92 Å². The van der Waals surface area contributed by atoms with Gasteiger partial charge < -0.3 is 9.84 Å². The van der Waals surface area contributed by atoms with Crippen LogP contribution in [0.2, 0.25) is 0 Å². The van der Waals surface area contributed by atoms with Crippen molar-refractivity contribution >= 4 is 22.2 Å². The number of fused-ring (bicyclic) bond motifs is 1. The average molecular weight is 521 g/mol. The van der Waals surface area contributed by atoms with Crippen LogP contribution in [-0.2, 0) is 16.6 Å². The molecule has 0 unspecified atom stereocenters. The molecule has 1 N–H and O–H groups in total. The number of ether oxygens (including phenoxy) is 1. The molecule has 37 heavy (non-hydrogen) atoms. The highest BCUT2D eigenvalue weighted by Gasteiger charge is 2.38. The molecule has 1 aliphatic heterocycles. The lowest BCUT2D eigenvalue weighted by Crippen LogP contribution is -2.49. The molecule has 196 valence electrons. The van der Waals surface area contributed by atoms with Gasteiger partial charge in [0.2, 0.25) is 10.0 Å². The first-order valence-corrected chi connectivity index (χ1v) is 14.1. The zero-order valence-electron chi connectivity index (χ0n) is 21.7. The number of nitrogens with zero attached hydrogens (tertiary/aromatic N) is 2. The van der Waals surface area contributed by atoms with Gasteiger partial charge in [0.05, 0.1) is 6.61 Å². The van der Waals surface area contributed by atoms with Crippen LogP contribution in [0.1, 0.15) is 30.5 Å². The molecule has 7 heteroatoms. The van der Waals surface area contributed by atoms with Gasteiger partial charge in [-0.3, -0.25) is 4.90 Å². The second-order valence-electron chi connectivity index (χ2n) is 9.87. The minimum atomic E-state index is -3.86. The van der Waals surface area contributed by atoms with Crippen LogP contribution in [0.5, 0.6) is 5.75 Å². The number of aliphatic hydroxyl groups excluding tert-OH is 1. The van der Waals surface area contributed by atoms with Crippen molar-refractivity contribution in [1.82, 2.24) is 9.21 Å². The molecule has 0 fully saturated rings. The molecule has 0 aromatic heterocycles. The Kier molecular flexibility index (Phi) is 8.82. The highest BCUT2D eigenvalue weighted by atomic mass is 32.2. The molecule has 0 amide bonds. The van der Waals surface area contributed by atoms with E-state index in [1.807, 2.05) is 74.7 Å². The Bertz CT molecular complexity index is 1300. The molecule has 1 heterocycles. The second kappa shape index (κ2) is 12.0. The minimum Gasteiger partial charge on any atom is -0.487 e. The molecule has 0 aliphatic carbocycles. The molecular formula is C30H36N2O4S. The van der Waals surface area contributed by atoms with E-state index in [0.29, 0.717) is 12.3 Å². The maximum absolute atomic E-state index is 13.7. The van der Waals surface area contributed by atoms with E-state index in [2.05, 4.69) is 17.0 Å². The predicted molar refractivity (Wildman–Crippen MR) is 149 cm³/mol. The van der Waals surface area contributed by atoms with E-state index in [0.717, 1.165) is 17.7 Å². The number of sulfonamides is 1. The molecule has 1 aliphatic rings. The minimum absolute atomic E-state index is 0.0985. The summed E-state index contributed by atoms with van der Waals surface area (Å²) in [4.78, 5) is 2.33. The molecule has 0 spiro atoms. The third kappa shape index (κ3) is 6.67. The summed E-state index contributed by atoms with van der Waals surface area (Å²) in [5.41, 5.74) is 3.11. The van der Waals surface area contributed by atoms with Gasteiger partial charge in [0.1, 0.15) is 16.7 Å². The number of rotatable bonds is 8. The van der Waals surface area contributed by atoms with E-state index in [9.17, 15) is 13.5 Å². The third-order valence-electron chi connectivity index (χ3n) is 6.75. The van der Waals surface area contributed by atoms with E-state index >= 15 is 0 Å². The number of hydrogen-bond acceptors (Lipinski definition) is 5. The predicted octanol–water partition coefficient (Wildman–Crippen LogP) is 4.76. The Hall–Kier alpha value is -2.97. The second-order valence-corrected chi connectivity index (χ2v) is 11.7. The largest absolute Gasteiger partial charge is 0.487 e. The van der Waals surface area contributed by atoms with Crippen molar-refractivity contribution in [2.75, 3.05) is 26.7 Å². The first-order chi connectivity index (χ1) is 17.8. The molecular weight excluding hydrogens is 484 g/mol. The van der Waals surface area contributed by atoms with Gasteiger partial charge in [-0.25, -0.2) is 8.42 Å². The summed E-state index contributed by atoms with van der Waals surface area (Å²) in [5.74, 6) is 0.244. The number of aliphatic hydroxyl groups is 1. The summed E-state index contributed by atoms with van der Waals surface area (Å²) < 4.78 is 35.3. The van der Waals surface area contributed by atoms with Crippen molar-refractivity contribution in [3.8, 4) is 5.75 Å². The first-order valence-electron chi connectivity index (χ1n) is 12.7. The molecule has 0 saturated heterocycles. The molecule has 0 saturated carbocycles. The Labute approximate surface area is 220 Å². The van der Waals surface area contributed by atoms with E-state index in [1.165, 1.54) is 9.87 Å². The van der Waals surface area contributed by atoms with Crippen molar-refractivity contribution < 1.29 is 18.3 Å². The molecule has 0 radical (unpaired) electrons. The molecule has 6 nitrogen and oxygen atoms in total. The highest BCUT2D eigenvalue weighted by molar-refractivity contribution is 7.89. The van der Waals surface area contributed by atoms with Crippen LogP contribution in [-0.4, -0.2) is 61.6 Å². The average Bonchev–Trinajstić information content (AvgIpc) is 2.90. The van der Waals surface area contributed by atoms with E-state index in [4.69, 9.17) is 4.74 Å². The summed E-state index contributed by atoms with van der Waals surface area (Å²) in [6.45, 7) is 5.15. The van der Waals surface area contributed by atoms with Crippen molar-refractivity contribution in [3.63, 3.8) is 0 Å². The molecule has 3 aromatic rings. The molecule has 4 rings (SSSR count). The van der Waals surface area contributed by atoms with Gasteiger partial charge in [-0.1, -0.05) is 85.8 Å². The maximum atomic E-state index is 13.7. The van der Waals surface area contributed by atoms with Crippen LogP contribution in [0.25, 0.3) is 12.2 Å². The maximum Gasteiger partial charge on any atom is 0.247 e. The summed E-state index contributed by atoms with van der Waals surface area (Å²) in [6.07, 6.45) is 3.70. The SMILES string of the molecule is C[C@@H]1CN([C@@H](C)CO)S(=O)(=O)c2ccc(C=Cc3ccccc3)cc2O[C@@H]1CN(C)Cc1ccccc1. The fourth-order valence-corrected chi connectivity index (χ4v) is 6.41. The highest BCUT2D eigenvalue weighted by Crippen LogP contribution is 2.34. The van der Waals surface area contributed by atoms with Crippen LogP contribution in [0.3, 0.4) is 0 Å². The van der Waals surface area contributed by atoms with Crippen LogP contribution in [0.4, 0.5) is 0 Å². The van der Waals surface area contributed by atoms with Crippen LogP contribution >= 0.6 is 0 Å². The van der Waals surface area contributed by atoms with Gasteiger partial charge in [-0.2, -0.15) is 4.31 Å². The van der Waals surface area contributed by atoms with Crippen molar-refractivity contribution in [3.05, 3.63) is 95.6 Å². The number of benzene rings is 3. The number of hydrogen-bond donors (Lipinski definition) is 1. The van der Waals surface area contributed by atoms with Crippen LogP contribution in [0, 0.1) is 5.92 Å².